The first-order valence-corrected chi connectivity index (χ1v) is 5.75. The molecule has 0 aromatic heterocycles. The van der Waals surface area contributed by atoms with Crippen LogP contribution in [0, 0.1) is 0 Å². The molecule has 0 unspecified atom stereocenters. The van der Waals surface area contributed by atoms with E-state index in [0.717, 1.165) is 5.57 Å². The molecule has 0 saturated carbocycles. The largest absolute Gasteiger partial charge is 0.0911 e. The van der Waals surface area contributed by atoms with Gasteiger partial charge in [-0.1, -0.05) is 73.3 Å². The fraction of sp³-hybridized carbons (Fsp3) is 0.0588. The summed E-state index contributed by atoms with van der Waals surface area (Å²) in [6.45, 7) is 6.23. The Labute approximate surface area is 103 Å². The molecule has 0 aliphatic rings. The van der Waals surface area contributed by atoms with Gasteiger partial charge < -0.3 is 0 Å². The van der Waals surface area contributed by atoms with Crippen molar-refractivity contribution in [2.24, 2.45) is 0 Å². The van der Waals surface area contributed by atoms with Crippen molar-refractivity contribution >= 4 is 11.1 Å². The number of benzene rings is 2. The van der Waals surface area contributed by atoms with Crippen molar-refractivity contribution in [1.82, 2.24) is 0 Å². The summed E-state index contributed by atoms with van der Waals surface area (Å²) in [5.74, 6) is 0. The maximum absolute atomic E-state index is 4.11. The maximum Gasteiger partial charge on any atom is -0.0190 e. The molecule has 0 nitrogen and oxygen atoms in total. The summed E-state index contributed by atoms with van der Waals surface area (Å²) in [4.78, 5) is 0. The van der Waals surface area contributed by atoms with Crippen molar-refractivity contribution in [3.8, 4) is 0 Å². The van der Waals surface area contributed by atoms with Gasteiger partial charge in [0.05, 0.1) is 0 Å². The predicted octanol–water partition coefficient (Wildman–Crippen LogP) is 4.80. The molecule has 0 spiro atoms. The number of rotatable bonds is 3. The van der Waals surface area contributed by atoms with Gasteiger partial charge in [0, 0.05) is 0 Å². The predicted molar refractivity (Wildman–Crippen MR) is 75.6 cm³/mol. The van der Waals surface area contributed by atoms with Crippen molar-refractivity contribution in [3.63, 3.8) is 0 Å². The van der Waals surface area contributed by atoms with Crippen LogP contribution >= 0.6 is 0 Å². The average molecular weight is 220 g/mol. The van der Waals surface area contributed by atoms with E-state index in [0.29, 0.717) is 0 Å². The third-order valence-corrected chi connectivity index (χ3v) is 2.76. The van der Waals surface area contributed by atoms with Gasteiger partial charge in [-0.25, -0.2) is 0 Å². The molecule has 0 bridgehead atoms. The monoisotopic (exact) mass is 220 g/mol. The summed E-state index contributed by atoms with van der Waals surface area (Å²) in [5, 5.41) is 0. The summed E-state index contributed by atoms with van der Waals surface area (Å²) in [6.07, 6.45) is 2.13. The van der Waals surface area contributed by atoms with Crippen LogP contribution in [-0.4, -0.2) is 0 Å². The summed E-state index contributed by atoms with van der Waals surface area (Å²) in [7, 11) is 0. The third kappa shape index (κ3) is 2.94. The zero-order valence-electron chi connectivity index (χ0n) is 10.1. The lowest BCUT2D eigenvalue weighted by Crippen LogP contribution is -1.82. The molecule has 0 N–H and O–H groups in total. The Balaban J connectivity index is 2.24. The first kappa shape index (κ1) is 11.4. The van der Waals surface area contributed by atoms with Gasteiger partial charge in [-0.15, -0.1) is 0 Å². The molecule has 0 aliphatic carbocycles. The van der Waals surface area contributed by atoms with Crippen LogP contribution in [-0.2, 0) is 0 Å². The molecule has 84 valence electrons. The van der Waals surface area contributed by atoms with Crippen LogP contribution < -0.4 is 0 Å². The molecule has 17 heavy (non-hydrogen) atoms. The maximum atomic E-state index is 4.11. The van der Waals surface area contributed by atoms with E-state index in [-0.39, 0.29) is 0 Å². The summed E-state index contributed by atoms with van der Waals surface area (Å²) in [6, 6.07) is 20.6. The van der Waals surface area contributed by atoms with E-state index in [2.05, 4.69) is 56.0 Å². The lowest BCUT2D eigenvalue weighted by Gasteiger charge is -2.04. The molecule has 0 amide bonds. The zero-order chi connectivity index (χ0) is 12.1. The highest BCUT2D eigenvalue weighted by Gasteiger charge is 1.97. The van der Waals surface area contributed by atoms with Crippen LogP contribution in [0.15, 0.2) is 73.3 Å². The SMILES string of the molecule is C=C(/C=C(\C)c1ccccc1)c1ccccc1. The van der Waals surface area contributed by atoms with Gasteiger partial charge in [-0.3, -0.25) is 0 Å². The van der Waals surface area contributed by atoms with Crippen LogP contribution in [0.3, 0.4) is 0 Å². The van der Waals surface area contributed by atoms with Crippen molar-refractivity contribution in [2.45, 2.75) is 6.92 Å². The van der Waals surface area contributed by atoms with E-state index in [1.165, 1.54) is 16.7 Å². The van der Waals surface area contributed by atoms with E-state index in [9.17, 15) is 0 Å². The van der Waals surface area contributed by atoms with Crippen molar-refractivity contribution in [1.29, 1.82) is 0 Å². The Bertz CT molecular complexity index is 518. The standard InChI is InChI=1S/C17H16/c1-14(16-9-5-3-6-10-16)13-15(2)17-11-7-4-8-12-17/h3-13H,1H2,2H3/b15-13+. The Hall–Kier alpha value is -2.08. The Morgan fingerprint density at radius 1 is 0.824 bits per heavy atom. The molecule has 0 aliphatic heterocycles. The third-order valence-electron chi connectivity index (χ3n) is 2.76. The Kier molecular flexibility index (Phi) is 3.56. The van der Waals surface area contributed by atoms with E-state index in [1.54, 1.807) is 0 Å². The van der Waals surface area contributed by atoms with Crippen LogP contribution in [0.2, 0.25) is 0 Å². The fourth-order valence-electron chi connectivity index (χ4n) is 1.78. The molecule has 0 saturated heterocycles. The molecule has 0 heteroatoms. The molecular formula is C17H16. The lowest BCUT2D eigenvalue weighted by atomic mass is 10.0. The molecule has 0 radical (unpaired) electrons. The van der Waals surface area contributed by atoms with Crippen LogP contribution in [0.5, 0.6) is 0 Å². The van der Waals surface area contributed by atoms with E-state index in [1.807, 2.05) is 24.3 Å². The second-order valence-electron chi connectivity index (χ2n) is 4.08. The Morgan fingerprint density at radius 2 is 1.29 bits per heavy atom. The van der Waals surface area contributed by atoms with Gasteiger partial charge >= 0.3 is 0 Å². The van der Waals surface area contributed by atoms with Crippen molar-refractivity contribution in [2.75, 3.05) is 0 Å². The second kappa shape index (κ2) is 5.31. The fourth-order valence-corrected chi connectivity index (χ4v) is 1.78. The number of allylic oxidation sites excluding steroid dienone is 3. The van der Waals surface area contributed by atoms with E-state index < -0.39 is 0 Å². The minimum atomic E-state index is 1.05. The minimum absolute atomic E-state index is 1.05. The summed E-state index contributed by atoms with van der Waals surface area (Å²) < 4.78 is 0. The average Bonchev–Trinajstić information content (AvgIpc) is 2.40. The molecule has 0 fully saturated rings. The summed E-state index contributed by atoms with van der Waals surface area (Å²) in [5.41, 5.74) is 4.69. The van der Waals surface area contributed by atoms with Crippen LogP contribution in [0.1, 0.15) is 18.1 Å². The quantitative estimate of drug-likeness (QED) is 0.651. The van der Waals surface area contributed by atoms with Gasteiger partial charge in [-0.05, 0) is 29.2 Å². The Morgan fingerprint density at radius 3 is 1.82 bits per heavy atom. The number of hydrogen-bond donors (Lipinski definition) is 0. The van der Waals surface area contributed by atoms with Crippen molar-refractivity contribution in [3.05, 3.63) is 84.4 Å². The molecule has 2 aromatic carbocycles. The highest BCUT2D eigenvalue weighted by molar-refractivity contribution is 5.81. The van der Waals surface area contributed by atoms with E-state index in [4.69, 9.17) is 0 Å². The van der Waals surface area contributed by atoms with Gasteiger partial charge in [0.2, 0.25) is 0 Å². The van der Waals surface area contributed by atoms with Gasteiger partial charge in [0.25, 0.3) is 0 Å². The molecule has 0 heterocycles. The van der Waals surface area contributed by atoms with Crippen LogP contribution in [0.25, 0.3) is 11.1 Å². The molecule has 0 atom stereocenters. The highest BCUT2D eigenvalue weighted by Crippen LogP contribution is 2.20. The molecular weight excluding hydrogens is 204 g/mol. The first-order valence-electron chi connectivity index (χ1n) is 5.75. The normalized spacial score (nSPS) is 11.2. The highest BCUT2D eigenvalue weighted by atomic mass is 14.0. The van der Waals surface area contributed by atoms with E-state index >= 15 is 0 Å². The smallest absolute Gasteiger partial charge is 0.0190 e. The van der Waals surface area contributed by atoms with Crippen LogP contribution in [0.4, 0.5) is 0 Å². The number of hydrogen-bond acceptors (Lipinski definition) is 0. The lowest BCUT2D eigenvalue weighted by molar-refractivity contribution is 1.56. The van der Waals surface area contributed by atoms with Crippen molar-refractivity contribution < 1.29 is 0 Å². The molecule has 2 rings (SSSR count). The second-order valence-corrected chi connectivity index (χ2v) is 4.08. The van der Waals surface area contributed by atoms with Gasteiger partial charge in [-0.2, -0.15) is 0 Å². The summed E-state index contributed by atoms with van der Waals surface area (Å²) >= 11 is 0. The molecule has 2 aromatic rings. The minimum Gasteiger partial charge on any atom is -0.0911 e. The topological polar surface area (TPSA) is 0 Å². The first-order chi connectivity index (χ1) is 8.27. The van der Waals surface area contributed by atoms with Gasteiger partial charge in [0.1, 0.15) is 0 Å². The van der Waals surface area contributed by atoms with Gasteiger partial charge in [0.15, 0.2) is 0 Å². The zero-order valence-corrected chi connectivity index (χ0v) is 10.1.